The van der Waals surface area contributed by atoms with Gasteiger partial charge in [-0.1, -0.05) is 37.3 Å². The van der Waals surface area contributed by atoms with Crippen LogP contribution < -0.4 is 74.2 Å². The predicted octanol–water partition coefficient (Wildman–Crippen LogP) is -5.10. The molecular formula is C15H22NNa2O6P. The van der Waals surface area contributed by atoms with Crippen LogP contribution in [0, 0.1) is 0 Å². The Labute approximate surface area is 193 Å². The van der Waals surface area contributed by atoms with E-state index in [0.717, 1.165) is 6.42 Å². The molecule has 10 heteroatoms. The second kappa shape index (κ2) is 15.8. The van der Waals surface area contributed by atoms with E-state index < -0.39 is 20.5 Å². The summed E-state index contributed by atoms with van der Waals surface area (Å²) in [7, 11) is -5.09. The van der Waals surface area contributed by atoms with Crippen molar-refractivity contribution in [2.24, 2.45) is 0 Å². The number of rotatable bonds is 11. The van der Waals surface area contributed by atoms with E-state index in [2.05, 4.69) is 9.84 Å². The second-order valence-electron chi connectivity index (χ2n) is 4.99. The monoisotopic (exact) mass is 389 g/mol. The quantitative estimate of drug-likeness (QED) is 0.230. The van der Waals surface area contributed by atoms with Gasteiger partial charge in [-0.25, -0.2) is 0 Å². The van der Waals surface area contributed by atoms with Gasteiger partial charge >= 0.3 is 59.1 Å². The molecule has 0 radical (unpaired) electrons. The van der Waals surface area contributed by atoms with Crippen LogP contribution in [0.3, 0.4) is 0 Å². The minimum absolute atomic E-state index is 0. The zero-order chi connectivity index (χ0) is 17.1. The Bertz CT molecular complexity index is 514. The Balaban J connectivity index is 0. The first-order chi connectivity index (χ1) is 10.9. The molecule has 0 spiro atoms. The molecule has 1 amide bonds. The summed E-state index contributed by atoms with van der Waals surface area (Å²) >= 11 is 0. The van der Waals surface area contributed by atoms with Crippen LogP contribution in [0.25, 0.3) is 0 Å². The molecule has 0 aliphatic rings. The normalized spacial score (nSPS) is 11.8. The molecule has 0 aliphatic heterocycles. The van der Waals surface area contributed by atoms with Crippen LogP contribution in [0.2, 0.25) is 0 Å². The minimum Gasteiger partial charge on any atom is -0.790 e. The Hall–Kier alpha value is 0.760. The summed E-state index contributed by atoms with van der Waals surface area (Å²) in [6.07, 6.45) is 1.74. The number of nitrogens with one attached hydrogen (secondary N) is 1. The van der Waals surface area contributed by atoms with E-state index in [1.54, 1.807) is 30.3 Å². The molecule has 0 aromatic heterocycles. The fraction of sp³-hybridized carbons (Fsp3) is 0.533. The molecule has 0 saturated heterocycles. The summed E-state index contributed by atoms with van der Waals surface area (Å²) in [5.41, 5.74) is 0.663. The van der Waals surface area contributed by atoms with Crippen LogP contribution in [0.15, 0.2) is 30.3 Å². The van der Waals surface area contributed by atoms with Crippen molar-refractivity contribution in [3.63, 3.8) is 0 Å². The topological polar surface area (TPSA) is 111 Å². The Morgan fingerprint density at radius 3 is 2.40 bits per heavy atom. The molecule has 0 fully saturated rings. The van der Waals surface area contributed by atoms with E-state index >= 15 is 0 Å². The van der Waals surface area contributed by atoms with E-state index in [-0.39, 0.29) is 71.4 Å². The number of phosphoric ester groups is 1. The second-order valence-corrected chi connectivity index (χ2v) is 6.14. The third-order valence-corrected chi connectivity index (χ3v) is 3.44. The Kier molecular flexibility index (Phi) is 17.7. The molecule has 7 nitrogen and oxygen atoms in total. The van der Waals surface area contributed by atoms with Gasteiger partial charge in [-0.15, -0.1) is 0 Å². The largest absolute Gasteiger partial charge is 1.00 e. The molecule has 0 heterocycles. The van der Waals surface area contributed by atoms with Gasteiger partial charge in [0, 0.05) is 19.6 Å². The van der Waals surface area contributed by atoms with Crippen LogP contribution in [0.1, 0.15) is 37.8 Å². The zero-order valence-electron chi connectivity index (χ0n) is 15.1. The third-order valence-electron chi connectivity index (χ3n) is 2.98. The minimum atomic E-state index is -5.09. The van der Waals surface area contributed by atoms with Crippen molar-refractivity contribution in [1.82, 2.24) is 5.32 Å². The predicted molar refractivity (Wildman–Crippen MR) is 81.2 cm³/mol. The average Bonchev–Trinajstić information content (AvgIpc) is 2.51. The standard InChI is InChI=1S/C15H24NO6P.2Na/c1-2-10-21-11-6-9-15(17)16-14(12-22-23(18,19)20)13-7-4-3-5-8-13;;/h3-5,7-8,14H,2,6,9-12H2,1H3,(H,16,17)(H2,18,19,20);;/q;2*+1/p-2/t14-;;/m0../s1. The van der Waals surface area contributed by atoms with Crippen molar-refractivity contribution in [2.45, 2.75) is 32.2 Å². The van der Waals surface area contributed by atoms with Crippen LogP contribution in [0.5, 0.6) is 0 Å². The molecule has 0 saturated carbocycles. The number of carbonyl (C=O) groups excluding carboxylic acids is 1. The first kappa shape index (κ1) is 28.0. The van der Waals surface area contributed by atoms with Crippen LogP contribution >= 0.6 is 7.82 Å². The fourth-order valence-electron chi connectivity index (χ4n) is 1.92. The molecular weight excluding hydrogens is 367 g/mol. The van der Waals surface area contributed by atoms with Crippen molar-refractivity contribution in [3.8, 4) is 0 Å². The molecule has 1 aromatic rings. The van der Waals surface area contributed by atoms with Gasteiger partial charge in [0.2, 0.25) is 5.91 Å². The number of benzene rings is 1. The van der Waals surface area contributed by atoms with E-state index in [0.29, 0.717) is 25.2 Å². The van der Waals surface area contributed by atoms with Crippen molar-refractivity contribution in [2.75, 3.05) is 19.8 Å². The molecule has 0 unspecified atom stereocenters. The number of hydrogen-bond donors (Lipinski definition) is 1. The van der Waals surface area contributed by atoms with Crippen LogP contribution in [-0.4, -0.2) is 25.7 Å². The number of hydrogen-bond acceptors (Lipinski definition) is 6. The van der Waals surface area contributed by atoms with Gasteiger partial charge in [0.15, 0.2) is 0 Å². The Morgan fingerprint density at radius 1 is 1.20 bits per heavy atom. The number of carbonyl (C=O) groups is 1. The third kappa shape index (κ3) is 14.5. The maximum atomic E-state index is 11.9. The van der Waals surface area contributed by atoms with E-state index in [1.807, 2.05) is 6.92 Å². The van der Waals surface area contributed by atoms with Gasteiger partial charge in [0.1, 0.15) is 0 Å². The molecule has 1 atom stereocenters. The molecule has 1 N–H and O–H groups in total. The van der Waals surface area contributed by atoms with Crippen molar-refractivity contribution < 1.29 is 87.5 Å². The summed E-state index contributed by atoms with van der Waals surface area (Å²) in [6.45, 7) is 2.72. The first-order valence-electron chi connectivity index (χ1n) is 7.51. The van der Waals surface area contributed by atoms with Crippen molar-refractivity contribution >= 4 is 13.7 Å². The van der Waals surface area contributed by atoms with Gasteiger partial charge in [0.05, 0.1) is 20.5 Å². The molecule has 0 bridgehead atoms. The SMILES string of the molecule is CCCOCCCC(=O)N[C@@H](COP(=O)([O-])[O-])c1ccccc1.[Na+].[Na+]. The van der Waals surface area contributed by atoms with E-state index in [4.69, 9.17) is 4.74 Å². The van der Waals surface area contributed by atoms with E-state index in [9.17, 15) is 19.1 Å². The van der Waals surface area contributed by atoms with Crippen molar-refractivity contribution in [3.05, 3.63) is 35.9 Å². The molecule has 1 rings (SSSR count). The summed E-state index contributed by atoms with van der Waals surface area (Å²) < 4.78 is 20.2. The van der Waals surface area contributed by atoms with Crippen LogP contribution in [0.4, 0.5) is 0 Å². The van der Waals surface area contributed by atoms with Crippen molar-refractivity contribution in [1.29, 1.82) is 0 Å². The van der Waals surface area contributed by atoms with Gasteiger partial charge in [-0.3, -0.25) is 4.79 Å². The zero-order valence-corrected chi connectivity index (χ0v) is 20.0. The first-order valence-corrected chi connectivity index (χ1v) is 8.97. The van der Waals surface area contributed by atoms with Gasteiger partial charge in [-0.2, -0.15) is 0 Å². The van der Waals surface area contributed by atoms with Gasteiger partial charge in [0.25, 0.3) is 0 Å². The van der Waals surface area contributed by atoms with Crippen LogP contribution in [-0.2, 0) is 18.6 Å². The van der Waals surface area contributed by atoms with Gasteiger partial charge < -0.3 is 28.9 Å². The Morgan fingerprint density at radius 2 is 1.84 bits per heavy atom. The summed E-state index contributed by atoms with van der Waals surface area (Å²) in [4.78, 5) is 33.2. The maximum absolute atomic E-state index is 11.9. The molecule has 130 valence electrons. The molecule has 25 heavy (non-hydrogen) atoms. The smallest absolute Gasteiger partial charge is 0.790 e. The molecule has 0 aliphatic carbocycles. The summed E-state index contributed by atoms with van der Waals surface area (Å²) in [5, 5.41) is 2.68. The van der Waals surface area contributed by atoms with Gasteiger partial charge in [-0.05, 0) is 18.4 Å². The summed E-state index contributed by atoms with van der Waals surface area (Å²) in [5.74, 6) is -0.255. The average molecular weight is 389 g/mol. The number of amides is 1. The summed E-state index contributed by atoms with van der Waals surface area (Å²) in [6, 6.07) is 8.04. The van der Waals surface area contributed by atoms with E-state index in [1.165, 1.54) is 0 Å². The fourth-order valence-corrected chi connectivity index (χ4v) is 2.25. The number of ether oxygens (including phenoxy) is 1. The molecule has 1 aromatic carbocycles. The number of phosphoric acid groups is 1. The maximum Gasteiger partial charge on any atom is 1.00 e.